The molecule has 1 heterocycles. The van der Waals surface area contributed by atoms with Crippen molar-refractivity contribution in [3.63, 3.8) is 0 Å². The highest BCUT2D eigenvalue weighted by Gasteiger charge is 2.44. The largest absolute Gasteiger partial charge is 0.391 e. The van der Waals surface area contributed by atoms with E-state index in [9.17, 15) is 19.5 Å². The van der Waals surface area contributed by atoms with Gasteiger partial charge in [0, 0.05) is 32.1 Å². The fourth-order valence-corrected chi connectivity index (χ4v) is 4.13. The molecule has 4 N–H and O–H groups in total. The summed E-state index contributed by atoms with van der Waals surface area (Å²) in [5.41, 5.74) is -0.612. The van der Waals surface area contributed by atoms with Gasteiger partial charge in [0.25, 0.3) is 0 Å². The fourth-order valence-electron chi connectivity index (χ4n) is 4.13. The minimum Gasteiger partial charge on any atom is -0.391 e. The van der Waals surface area contributed by atoms with E-state index < -0.39 is 35.4 Å². The van der Waals surface area contributed by atoms with E-state index in [0.29, 0.717) is 39.0 Å². The summed E-state index contributed by atoms with van der Waals surface area (Å²) in [7, 11) is 0. The number of ether oxygens (including phenoxy) is 3. The summed E-state index contributed by atoms with van der Waals surface area (Å²) in [6, 6.07) is -1.14. The Morgan fingerprint density at radius 3 is 2.24 bits per heavy atom. The van der Waals surface area contributed by atoms with Crippen LogP contribution in [0.4, 0.5) is 0 Å². The Morgan fingerprint density at radius 1 is 1.03 bits per heavy atom. The van der Waals surface area contributed by atoms with Crippen LogP contribution in [0.2, 0.25) is 0 Å². The number of hydrogen-bond acceptors (Lipinski definition) is 8. The Balaban J connectivity index is 2.35. The van der Waals surface area contributed by atoms with Gasteiger partial charge in [0.2, 0.25) is 17.7 Å². The highest BCUT2D eigenvalue weighted by Crippen LogP contribution is 2.26. The van der Waals surface area contributed by atoms with E-state index in [1.165, 1.54) is 4.90 Å². The maximum Gasteiger partial charge on any atom is 0.246 e. The van der Waals surface area contributed by atoms with Crippen LogP contribution in [-0.2, 0) is 28.6 Å². The summed E-state index contributed by atoms with van der Waals surface area (Å²) in [4.78, 5) is 39.6. The van der Waals surface area contributed by atoms with Crippen LogP contribution in [0.25, 0.3) is 0 Å². The van der Waals surface area contributed by atoms with E-state index >= 15 is 0 Å². The molecule has 0 saturated carbocycles. The monoisotopic (exact) mass is 530 g/mol. The molecule has 1 fully saturated rings. The number of β-amino-alcohol motifs (C(OH)–C–C–N with tert-alkyl or cyclic N) is 1. The van der Waals surface area contributed by atoms with Crippen LogP contribution >= 0.6 is 0 Å². The highest BCUT2D eigenvalue weighted by atomic mass is 16.5. The lowest BCUT2D eigenvalue weighted by Gasteiger charge is -2.35. The second-order valence-corrected chi connectivity index (χ2v) is 10.6. The molecular weight excluding hydrogens is 480 g/mol. The number of nitrogens with zero attached hydrogens (tertiary/aromatic N) is 1. The van der Waals surface area contributed by atoms with Gasteiger partial charge in [0.15, 0.2) is 0 Å². The molecule has 4 unspecified atom stereocenters. The number of hydrogen-bond donors (Lipinski definition) is 4. The molecule has 0 aliphatic carbocycles. The summed E-state index contributed by atoms with van der Waals surface area (Å²) in [5.74, 6) is -1.14. The van der Waals surface area contributed by atoms with E-state index in [1.807, 2.05) is 20.8 Å². The quantitative estimate of drug-likeness (QED) is 0.187. The summed E-state index contributed by atoms with van der Waals surface area (Å²) in [5, 5.41) is 18.9. The lowest BCUT2D eigenvalue weighted by Crippen LogP contribution is -2.58. The Bertz CT molecular complexity index is 686. The van der Waals surface area contributed by atoms with Gasteiger partial charge in [-0.15, -0.1) is 0 Å². The Kier molecular flexibility index (Phi) is 15.9. The second kappa shape index (κ2) is 17.7. The Hall–Kier alpha value is -1.79. The van der Waals surface area contributed by atoms with Gasteiger partial charge in [-0.2, -0.15) is 0 Å². The molecule has 0 aromatic carbocycles. The van der Waals surface area contributed by atoms with E-state index in [4.69, 9.17) is 14.2 Å². The lowest BCUT2D eigenvalue weighted by molar-refractivity contribution is -0.144. The molecule has 11 nitrogen and oxygen atoms in total. The molecule has 0 aromatic rings. The van der Waals surface area contributed by atoms with Crippen LogP contribution in [0.1, 0.15) is 60.8 Å². The smallest absolute Gasteiger partial charge is 0.246 e. The molecule has 0 bridgehead atoms. The van der Waals surface area contributed by atoms with E-state index in [1.54, 1.807) is 6.92 Å². The molecule has 0 spiro atoms. The van der Waals surface area contributed by atoms with Crippen molar-refractivity contribution >= 4 is 17.7 Å². The van der Waals surface area contributed by atoms with Gasteiger partial charge in [0.1, 0.15) is 18.7 Å². The number of carbonyl (C=O) groups excluding carboxylic acids is 3. The van der Waals surface area contributed by atoms with Crippen LogP contribution in [0.3, 0.4) is 0 Å². The SMILES string of the molecule is CCCC(C)NCCOCCOCCOCC(=O)NC(C(=O)N1CC(O)CC1C(=O)NCC)C(C)(C)C. The maximum atomic E-state index is 13.3. The predicted octanol–water partition coefficient (Wildman–Crippen LogP) is 0.443. The van der Waals surface area contributed by atoms with Gasteiger partial charge in [-0.1, -0.05) is 34.1 Å². The van der Waals surface area contributed by atoms with Crippen LogP contribution in [0.15, 0.2) is 0 Å². The van der Waals surface area contributed by atoms with Crippen LogP contribution in [0, 0.1) is 5.41 Å². The first-order valence-corrected chi connectivity index (χ1v) is 13.5. The zero-order valence-corrected chi connectivity index (χ0v) is 23.6. The van der Waals surface area contributed by atoms with Crippen molar-refractivity contribution in [2.24, 2.45) is 5.41 Å². The third kappa shape index (κ3) is 13.0. The molecule has 1 aliphatic heterocycles. The summed E-state index contributed by atoms with van der Waals surface area (Å²) in [6.07, 6.45) is 1.69. The first-order chi connectivity index (χ1) is 17.5. The zero-order valence-electron chi connectivity index (χ0n) is 23.6. The average molecular weight is 531 g/mol. The van der Waals surface area contributed by atoms with Crippen molar-refractivity contribution in [1.82, 2.24) is 20.9 Å². The van der Waals surface area contributed by atoms with Crippen LogP contribution in [0.5, 0.6) is 0 Å². The molecule has 4 atom stereocenters. The zero-order chi connectivity index (χ0) is 27.8. The Labute approximate surface area is 222 Å². The number of aliphatic hydroxyl groups is 1. The number of likely N-dealkylation sites (N-methyl/N-ethyl adjacent to an activating group) is 1. The molecule has 0 radical (unpaired) electrons. The maximum absolute atomic E-state index is 13.3. The third-order valence-electron chi connectivity index (χ3n) is 6.07. The predicted molar refractivity (Wildman–Crippen MR) is 141 cm³/mol. The Morgan fingerprint density at radius 2 is 1.65 bits per heavy atom. The number of aliphatic hydroxyl groups excluding tert-OH is 1. The van der Waals surface area contributed by atoms with Crippen molar-refractivity contribution < 1.29 is 33.7 Å². The number of likely N-dealkylation sites (tertiary alicyclic amines) is 1. The third-order valence-corrected chi connectivity index (χ3v) is 6.07. The molecule has 3 amide bonds. The molecule has 0 aromatic heterocycles. The molecule has 1 saturated heterocycles. The van der Waals surface area contributed by atoms with Gasteiger partial charge in [-0.25, -0.2) is 0 Å². The second-order valence-electron chi connectivity index (χ2n) is 10.6. The summed E-state index contributed by atoms with van der Waals surface area (Å²) in [6.45, 7) is 14.8. The van der Waals surface area contributed by atoms with E-state index in [0.717, 1.165) is 19.4 Å². The van der Waals surface area contributed by atoms with Gasteiger partial charge >= 0.3 is 0 Å². The normalized spacial score (nSPS) is 19.5. The van der Waals surface area contributed by atoms with E-state index in [2.05, 4.69) is 29.8 Å². The van der Waals surface area contributed by atoms with E-state index in [-0.39, 0.29) is 32.1 Å². The average Bonchev–Trinajstić information content (AvgIpc) is 3.22. The van der Waals surface area contributed by atoms with Gasteiger partial charge < -0.3 is 40.2 Å². The molecular formula is C26H50N4O7. The van der Waals surface area contributed by atoms with Gasteiger partial charge in [0.05, 0.1) is 39.1 Å². The number of amides is 3. The molecule has 216 valence electrons. The number of rotatable bonds is 18. The molecule has 11 heteroatoms. The van der Waals surface area contributed by atoms with Gasteiger partial charge in [-0.3, -0.25) is 14.4 Å². The molecule has 37 heavy (non-hydrogen) atoms. The minimum absolute atomic E-state index is 0.0507. The van der Waals surface area contributed by atoms with Crippen LogP contribution in [-0.4, -0.2) is 111 Å². The summed E-state index contributed by atoms with van der Waals surface area (Å²) >= 11 is 0. The molecule has 1 aliphatic rings. The fraction of sp³-hybridized carbons (Fsp3) is 0.885. The van der Waals surface area contributed by atoms with Crippen molar-refractivity contribution in [2.45, 2.75) is 85.0 Å². The summed E-state index contributed by atoms with van der Waals surface area (Å²) < 4.78 is 16.4. The van der Waals surface area contributed by atoms with Crippen molar-refractivity contribution in [3.8, 4) is 0 Å². The van der Waals surface area contributed by atoms with Crippen molar-refractivity contribution in [3.05, 3.63) is 0 Å². The van der Waals surface area contributed by atoms with Crippen LogP contribution < -0.4 is 16.0 Å². The first kappa shape index (κ1) is 33.2. The number of carbonyl (C=O) groups is 3. The van der Waals surface area contributed by atoms with Crippen molar-refractivity contribution in [2.75, 3.05) is 59.3 Å². The highest BCUT2D eigenvalue weighted by molar-refractivity contribution is 5.93. The lowest BCUT2D eigenvalue weighted by atomic mass is 9.85. The molecule has 1 rings (SSSR count). The minimum atomic E-state index is -0.876. The topological polar surface area (TPSA) is 138 Å². The standard InChI is InChI=1S/C26H50N4O7/c1-7-9-19(3)28-10-11-35-12-13-36-14-15-37-18-22(32)29-23(26(4,5)6)25(34)30-17-20(31)16-21(30)24(33)27-8-2/h19-21,23,28,31H,7-18H2,1-6H3,(H,27,33)(H,29,32). The first-order valence-electron chi connectivity index (χ1n) is 13.5. The van der Waals surface area contributed by atoms with Gasteiger partial charge in [-0.05, 0) is 25.7 Å². The number of nitrogens with one attached hydrogen (secondary N) is 3. The van der Waals surface area contributed by atoms with Crippen molar-refractivity contribution in [1.29, 1.82) is 0 Å².